The lowest BCUT2D eigenvalue weighted by atomic mass is 9.96. The number of aryl methyl sites for hydroxylation is 1. The first-order valence-corrected chi connectivity index (χ1v) is 9.14. The van der Waals surface area contributed by atoms with Crippen LogP contribution in [0.1, 0.15) is 59.7 Å². The van der Waals surface area contributed by atoms with Gasteiger partial charge < -0.3 is 14.7 Å². The molecule has 3 heterocycles. The van der Waals surface area contributed by atoms with E-state index in [1.54, 1.807) is 6.20 Å². The van der Waals surface area contributed by atoms with Crippen LogP contribution in [0.25, 0.3) is 0 Å². The number of nitrogens with one attached hydrogen (secondary N) is 1. The minimum Gasteiger partial charge on any atom is -0.360 e. The van der Waals surface area contributed by atoms with Crippen molar-refractivity contribution in [3.05, 3.63) is 35.1 Å². The Bertz CT molecular complexity index is 752. The second-order valence-electron chi connectivity index (χ2n) is 6.70. The van der Waals surface area contributed by atoms with E-state index in [0.717, 1.165) is 55.9 Å². The van der Waals surface area contributed by atoms with Crippen LogP contribution >= 0.6 is 0 Å². The van der Waals surface area contributed by atoms with Gasteiger partial charge in [0.25, 0.3) is 5.91 Å². The summed E-state index contributed by atoms with van der Waals surface area (Å²) < 4.78 is 5.31. The third-order valence-corrected chi connectivity index (χ3v) is 4.94. The molecule has 0 bridgehead atoms. The molecule has 7 heteroatoms. The van der Waals surface area contributed by atoms with Crippen molar-refractivity contribution < 1.29 is 9.32 Å². The molecule has 1 aliphatic carbocycles. The second kappa shape index (κ2) is 7.21. The Hall–Kier alpha value is -2.44. The Kier molecular flexibility index (Phi) is 4.63. The number of carbonyl (C=O) groups excluding carboxylic acids is 1. The Morgan fingerprint density at radius 1 is 1.16 bits per heavy atom. The summed E-state index contributed by atoms with van der Waals surface area (Å²) >= 11 is 0. The van der Waals surface area contributed by atoms with E-state index in [9.17, 15) is 4.79 Å². The Labute approximate surface area is 146 Å². The van der Waals surface area contributed by atoms with Crippen LogP contribution in [-0.4, -0.2) is 34.1 Å². The van der Waals surface area contributed by atoms with Gasteiger partial charge in [-0.1, -0.05) is 5.16 Å². The summed E-state index contributed by atoms with van der Waals surface area (Å²) in [5.41, 5.74) is 1.38. The first kappa shape index (κ1) is 16.1. The maximum atomic E-state index is 12.4. The van der Waals surface area contributed by atoms with Crippen molar-refractivity contribution >= 4 is 11.7 Å². The summed E-state index contributed by atoms with van der Waals surface area (Å²) in [6.07, 6.45) is 9.36. The maximum absolute atomic E-state index is 12.4. The van der Waals surface area contributed by atoms with Gasteiger partial charge >= 0.3 is 0 Å². The molecule has 0 spiro atoms. The highest BCUT2D eigenvalue weighted by atomic mass is 16.5. The van der Waals surface area contributed by atoms with Crippen molar-refractivity contribution in [2.45, 2.75) is 51.5 Å². The van der Waals surface area contributed by atoms with E-state index < -0.39 is 0 Å². The van der Waals surface area contributed by atoms with Crippen LogP contribution in [0.4, 0.5) is 5.82 Å². The topological polar surface area (TPSA) is 84.2 Å². The monoisotopic (exact) mass is 341 g/mol. The number of piperidine rings is 1. The molecule has 0 radical (unpaired) electrons. The van der Waals surface area contributed by atoms with Gasteiger partial charge in [-0.15, -0.1) is 0 Å². The predicted molar refractivity (Wildman–Crippen MR) is 92.4 cm³/mol. The average Bonchev–Trinajstić information content (AvgIpc) is 3.11. The van der Waals surface area contributed by atoms with E-state index in [0.29, 0.717) is 18.1 Å². The van der Waals surface area contributed by atoms with Gasteiger partial charge in [0.2, 0.25) is 0 Å². The standard InChI is InChI=1S/C18H23N5O2/c24-18(17-13-6-2-3-7-14(13)25-22-17)20-12-15-19-9-8-16(21-15)23-10-4-1-5-11-23/h8-9H,1-7,10-12H2,(H,20,24). The van der Waals surface area contributed by atoms with Crippen molar-refractivity contribution in [3.63, 3.8) is 0 Å². The molecule has 132 valence electrons. The van der Waals surface area contributed by atoms with E-state index >= 15 is 0 Å². The largest absolute Gasteiger partial charge is 0.360 e. The lowest BCUT2D eigenvalue weighted by Crippen LogP contribution is -2.31. The zero-order valence-corrected chi connectivity index (χ0v) is 14.3. The molecular formula is C18H23N5O2. The SMILES string of the molecule is O=C(NCc1nccc(N2CCCCC2)n1)c1noc2c1CCCC2. The predicted octanol–water partition coefficient (Wildman–Crippen LogP) is 2.26. The first-order valence-electron chi connectivity index (χ1n) is 9.14. The maximum Gasteiger partial charge on any atom is 0.274 e. The van der Waals surface area contributed by atoms with Crippen molar-refractivity contribution in [1.82, 2.24) is 20.4 Å². The van der Waals surface area contributed by atoms with E-state index in [4.69, 9.17) is 4.52 Å². The van der Waals surface area contributed by atoms with Gasteiger partial charge in [-0.05, 0) is 44.6 Å². The van der Waals surface area contributed by atoms with Gasteiger partial charge in [0.05, 0.1) is 6.54 Å². The van der Waals surface area contributed by atoms with Gasteiger partial charge in [0.15, 0.2) is 5.69 Å². The van der Waals surface area contributed by atoms with E-state index in [2.05, 4.69) is 25.3 Å². The van der Waals surface area contributed by atoms with Crippen LogP contribution in [0.5, 0.6) is 0 Å². The van der Waals surface area contributed by atoms with Crippen LogP contribution in [0, 0.1) is 0 Å². The quantitative estimate of drug-likeness (QED) is 0.918. The van der Waals surface area contributed by atoms with Gasteiger partial charge in [0, 0.05) is 31.3 Å². The van der Waals surface area contributed by atoms with Gasteiger partial charge in [-0.25, -0.2) is 9.97 Å². The average molecular weight is 341 g/mol. The van der Waals surface area contributed by atoms with Crippen LogP contribution in [0.2, 0.25) is 0 Å². The lowest BCUT2D eigenvalue weighted by molar-refractivity contribution is 0.0940. The Morgan fingerprint density at radius 2 is 2.00 bits per heavy atom. The first-order chi connectivity index (χ1) is 12.3. The minimum atomic E-state index is -0.209. The molecule has 1 fully saturated rings. The number of anilines is 1. The molecular weight excluding hydrogens is 318 g/mol. The summed E-state index contributed by atoms with van der Waals surface area (Å²) in [5.74, 6) is 2.21. The summed E-state index contributed by atoms with van der Waals surface area (Å²) in [6.45, 7) is 2.37. The number of hydrogen-bond donors (Lipinski definition) is 1. The summed E-state index contributed by atoms with van der Waals surface area (Å²) in [5, 5.41) is 6.84. The molecule has 2 aromatic heterocycles. The third-order valence-electron chi connectivity index (χ3n) is 4.94. The molecule has 7 nitrogen and oxygen atoms in total. The van der Waals surface area contributed by atoms with Gasteiger partial charge in [-0.2, -0.15) is 0 Å². The van der Waals surface area contributed by atoms with Crippen LogP contribution in [-0.2, 0) is 19.4 Å². The van der Waals surface area contributed by atoms with Crippen molar-refractivity contribution in [3.8, 4) is 0 Å². The van der Waals surface area contributed by atoms with E-state index in [1.807, 2.05) is 6.07 Å². The number of carbonyl (C=O) groups is 1. The number of hydrogen-bond acceptors (Lipinski definition) is 6. The molecule has 4 rings (SSSR count). The Morgan fingerprint density at radius 3 is 2.88 bits per heavy atom. The smallest absolute Gasteiger partial charge is 0.274 e. The molecule has 1 saturated heterocycles. The minimum absolute atomic E-state index is 0.209. The fourth-order valence-corrected chi connectivity index (χ4v) is 3.58. The fraction of sp³-hybridized carbons (Fsp3) is 0.556. The van der Waals surface area contributed by atoms with Crippen LogP contribution in [0.15, 0.2) is 16.8 Å². The highest BCUT2D eigenvalue weighted by molar-refractivity contribution is 5.93. The van der Waals surface area contributed by atoms with E-state index in [1.165, 1.54) is 19.3 Å². The Balaban J connectivity index is 1.41. The molecule has 0 unspecified atom stereocenters. The van der Waals surface area contributed by atoms with Crippen molar-refractivity contribution in [2.75, 3.05) is 18.0 Å². The van der Waals surface area contributed by atoms with Crippen molar-refractivity contribution in [2.24, 2.45) is 0 Å². The molecule has 1 aliphatic heterocycles. The fourth-order valence-electron chi connectivity index (χ4n) is 3.58. The summed E-state index contributed by atoms with van der Waals surface area (Å²) in [6, 6.07) is 1.94. The molecule has 25 heavy (non-hydrogen) atoms. The van der Waals surface area contributed by atoms with Crippen LogP contribution < -0.4 is 10.2 Å². The zero-order valence-electron chi connectivity index (χ0n) is 14.3. The number of rotatable bonds is 4. The number of amides is 1. The lowest BCUT2D eigenvalue weighted by Gasteiger charge is -2.27. The summed E-state index contributed by atoms with van der Waals surface area (Å²) in [7, 11) is 0. The van der Waals surface area contributed by atoms with E-state index in [-0.39, 0.29) is 5.91 Å². The zero-order chi connectivity index (χ0) is 17.1. The molecule has 0 aromatic carbocycles. The molecule has 1 N–H and O–H groups in total. The molecule has 0 saturated carbocycles. The second-order valence-corrected chi connectivity index (χ2v) is 6.70. The number of nitrogens with zero attached hydrogens (tertiary/aromatic N) is 4. The summed E-state index contributed by atoms with van der Waals surface area (Å²) in [4.78, 5) is 23.6. The highest BCUT2D eigenvalue weighted by Gasteiger charge is 2.24. The van der Waals surface area contributed by atoms with Gasteiger partial charge in [-0.3, -0.25) is 4.79 Å². The molecule has 0 atom stereocenters. The third kappa shape index (κ3) is 3.50. The van der Waals surface area contributed by atoms with Gasteiger partial charge in [0.1, 0.15) is 17.4 Å². The highest BCUT2D eigenvalue weighted by Crippen LogP contribution is 2.24. The normalized spacial score (nSPS) is 17.2. The van der Waals surface area contributed by atoms with Crippen molar-refractivity contribution in [1.29, 1.82) is 0 Å². The molecule has 1 amide bonds. The molecule has 2 aliphatic rings. The van der Waals surface area contributed by atoms with Crippen LogP contribution in [0.3, 0.4) is 0 Å². The number of fused-ring (bicyclic) bond motifs is 1. The molecule has 2 aromatic rings. The number of aromatic nitrogens is 3.